The summed E-state index contributed by atoms with van der Waals surface area (Å²) in [5, 5.41) is 2.09. The van der Waals surface area contributed by atoms with Gasteiger partial charge in [0, 0.05) is 17.5 Å². The second kappa shape index (κ2) is 4.74. The van der Waals surface area contributed by atoms with Crippen molar-refractivity contribution in [1.82, 2.24) is 0 Å². The van der Waals surface area contributed by atoms with Crippen molar-refractivity contribution in [3.05, 3.63) is 77.4 Å². The molecule has 0 fully saturated rings. The number of benzene rings is 3. The van der Waals surface area contributed by atoms with E-state index in [0.29, 0.717) is 6.61 Å². The van der Waals surface area contributed by atoms with Gasteiger partial charge < -0.3 is 4.74 Å². The Kier molecular flexibility index (Phi) is 2.74. The van der Waals surface area contributed by atoms with E-state index in [9.17, 15) is 4.79 Å². The molecule has 1 aliphatic rings. The van der Waals surface area contributed by atoms with Crippen molar-refractivity contribution in [3.63, 3.8) is 0 Å². The molecule has 0 radical (unpaired) electrons. The van der Waals surface area contributed by atoms with Crippen LogP contribution < -0.4 is 4.74 Å². The highest BCUT2D eigenvalue weighted by Gasteiger charge is 2.17. The molecule has 0 unspecified atom stereocenters. The average Bonchev–Trinajstić information content (AvgIpc) is 3.01. The van der Waals surface area contributed by atoms with E-state index >= 15 is 0 Å². The summed E-state index contributed by atoms with van der Waals surface area (Å²) in [5.41, 5.74) is 2.61. The summed E-state index contributed by atoms with van der Waals surface area (Å²) in [6.07, 6.45) is 0.881. The average molecular weight is 274 g/mol. The standard InChI is InChI=1S/C19H14O2/c20-19(15-8-9-18-14(12-15)10-11-21-18)17-7-3-5-13-4-1-2-6-16(13)17/h1-9,12H,10-11H2. The van der Waals surface area contributed by atoms with Gasteiger partial charge in [0.2, 0.25) is 0 Å². The van der Waals surface area contributed by atoms with Gasteiger partial charge in [0.1, 0.15) is 5.75 Å². The van der Waals surface area contributed by atoms with Crippen molar-refractivity contribution in [3.8, 4) is 5.75 Å². The Labute approximate surface area is 123 Å². The van der Waals surface area contributed by atoms with Crippen LogP contribution in [0.3, 0.4) is 0 Å². The predicted octanol–water partition coefficient (Wildman–Crippen LogP) is 4.01. The number of hydrogen-bond donors (Lipinski definition) is 0. The lowest BCUT2D eigenvalue weighted by atomic mass is 9.96. The lowest BCUT2D eigenvalue weighted by molar-refractivity contribution is 0.104. The van der Waals surface area contributed by atoms with Crippen LogP contribution in [-0.2, 0) is 6.42 Å². The second-order valence-electron chi connectivity index (χ2n) is 5.28. The Bertz CT molecular complexity index is 844. The zero-order chi connectivity index (χ0) is 14.2. The van der Waals surface area contributed by atoms with Gasteiger partial charge in [-0.25, -0.2) is 0 Å². The van der Waals surface area contributed by atoms with E-state index in [0.717, 1.165) is 39.6 Å². The van der Waals surface area contributed by atoms with Crippen LogP contribution in [0.25, 0.3) is 10.8 Å². The highest BCUT2D eigenvalue weighted by molar-refractivity contribution is 6.16. The summed E-state index contributed by atoms with van der Waals surface area (Å²) in [7, 11) is 0. The number of fused-ring (bicyclic) bond motifs is 2. The minimum atomic E-state index is 0.0708. The van der Waals surface area contributed by atoms with Gasteiger partial charge in [-0.3, -0.25) is 4.79 Å². The summed E-state index contributed by atoms with van der Waals surface area (Å²) >= 11 is 0. The fourth-order valence-corrected chi connectivity index (χ4v) is 2.91. The van der Waals surface area contributed by atoms with Crippen LogP contribution >= 0.6 is 0 Å². The first-order valence-electron chi connectivity index (χ1n) is 7.11. The van der Waals surface area contributed by atoms with Gasteiger partial charge >= 0.3 is 0 Å². The van der Waals surface area contributed by atoms with Gasteiger partial charge in [-0.2, -0.15) is 0 Å². The first kappa shape index (κ1) is 12.2. The maximum absolute atomic E-state index is 12.8. The fraction of sp³-hybridized carbons (Fsp3) is 0.105. The molecule has 0 aliphatic carbocycles. The number of rotatable bonds is 2. The van der Waals surface area contributed by atoms with Gasteiger partial charge in [-0.15, -0.1) is 0 Å². The zero-order valence-electron chi connectivity index (χ0n) is 11.5. The Morgan fingerprint density at radius 3 is 2.76 bits per heavy atom. The quantitative estimate of drug-likeness (QED) is 0.660. The van der Waals surface area contributed by atoms with E-state index in [4.69, 9.17) is 4.74 Å². The molecule has 1 aliphatic heterocycles. The molecule has 3 aromatic rings. The van der Waals surface area contributed by atoms with Crippen LogP contribution in [0.2, 0.25) is 0 Å². The Hall–Kier alpha value is -2.61. The lowest BCUT2D eigenvalue weighted by Gasteiger charge is -2.07. The van der Waals surface area contributed by atoms with Crippen molar-refractivity contribution in [2.24, 2.45) is 0 Å². The predicted molar refractivity (Wildman–Crippen MR) is 83.0 cm³/mol. The van der Waals surface area contributed by atoms with Crippen LogP contribution in [-0.4, -0.2) is 12.4 Å². The molecule has 0 saturated heterocycles. The molecule has 2 heteroatoms. The SMILES string of the molecule is O=C(c1ccc2c(c1)CCO2)c1cccc2ccccc12. The first-order chi connectivity index (χ1) is 10.3. The van der Waals surface area contributed by atoms with Crippen molar-refractivity contribution in [2.75, 3.05) is 6.61 Å². The monoisotopic (exact) mass is 274 g/mol. The molecule has 3 aromatic carbocycles. The van der Waals surface area contributed by atoms with Crippen molar-refractivity contribution >= 4 is 16.6 Å². The van der Waals surface area contributed by atoms with Gasteiger partial charge in [0.15, 0.2) is 5.78 Å². The minimum absolute atomic E-state index is 0.0708. The maximum Gasteiger partial charge on any atom is 0.193 e. The number of carbonyl (C=O) groups excluding carboxylic acids is 1. The van der Waals surface area contributed by atoms with Crippen LogP contribution in [0.5, 0.6) is 5.75 Å². The molecule has 102 valence electrons. The molecular weight excluding hydrogens is 260 g/mol. The number of ether oxygens (including phenoxy) is 1. The first-order valence-corrected chi connectivity index (χ1v) is 7.11. The Morgan fingerprint density at radius 2 is 1.81 bits per heavy atom. The summed E-state index contributed by atoms with van der Waals surface area (Å²) < 4.78 is 5.50. The zero-order valence-corrected chi connectivity index (χ0v) is 11.5. The topological polar surface area (TPSA) is 26.3 Å². The largest absolute Gasteiger partial charge is 0.493 e. The molecule has 0 atom stereocenters. The van der Waals surface area contributed by atoms with E-state index in [1.807, 2.05) is 60.7 Å². The molecule has 1 heterocycles. The van der Waals surface area contributed by atoms with Gasteiger partial charge in [0.25, 0.3) is 0 Å². The second-order valence-corrected chi connectivity index (χ2v) is 5.28. The third-order valence-electron chi connectivity index (χ3n) is 3.99. The minimum Gasteiger partial charge on any atom is -0.493 e. The molecule has 21 heavy (non-hydrogen) atoms. The molecular formula is C19H14O2. The van der Waals surface area contributed by atoms with Crippen LogP contribution in [0.4, 0.5) is 0 Å². The summed E-state index contributed by atoms with van der Waals surface area (Å²) in [5.74, 6) is 0.978. The van der Waals surface area contributed by atoms with Crippen molar-refractivity contribution < 1.29 is 9.53 Å². The van der Waals surface area contributed by atoms with E-state index < -0.39 is 0 Å². The van der Waals surface area contributed by atoms with E-state index in [2.05, 4.69) is 0 Å². The van der Waals surface area contributed by atoms with Gasteiger partial charge in [0.05, 0.1) is 6.61 Å². The molecule has 0 amide bonds. The van der Waals surface area contributed by atoms with Crippen LogP contribution in [0.15, 0.2) is 60.7 Å². The third-order valence-corrected chi connectivity index (χ3v) is 3.99. The molecule has 2 nitrogen and oxygen atoms in total. The van der Waals surface area contributed by atoms with Crippen molar-refractivity contribution in [1.29, 1.82) is 0 Å². The van der Waals surface area contributed by atoms with Crippen molar-refractivity contribution in [2.45, 2.75) is 6.42 Å². The summed E-state index contributed by atoms with van der Waals surface area (Å²) in [6.45, 7) is 0.710. The normalized spacial score (nSPS) is 13.0. The van der Waals surface area contributed by atoms with Crippen LogP contribution in [0, 0.1) is 0 Å². The Balaban J connectivity index is 1.83. The fourth-order valence-electron chi connectivity index (χ4n) is 2.91. The number of carbonyl (C=O) groups is 1. The lowest BCUT2D eigenvalue weighted by Crippen LogP contribution is -2.02. The Morgan fingerprint density at radius 1 is 0.952 bits per heavy atom. The highest BCUT2D eigenvalue weighted by Crippen LogP contribution is 2.28. The molecule has 0 bridgehead atoms. The molecule has 4 rings (SSSR count). The smallest absolute Gasteiger partial charge is 0.193 e. The number of ketones is 1. The third kappa shape index (κ3) is 2.00. The van der Waals surface area contributed by atoms with E-state index in [-0.39, 0.29) is 5.78 Å². The number of hydrogen-bond acceptors (Lipinski definition) is 2. The van der Waals surface area contributed by atoms with E-state index in [1.54, 1.807) is 0 Å². The highest BCUT2D eigenvalue weighted by atomic mass is 16.5. The summed E-state index contributed by atoms with van der Waals surface area (Å²) in [4.78, 5) is 12.8. The van der Waals surface area contributed by atoms with Gasteiger partial charge in [-0.1, -0.05) is 42.5 Å². The van der Waals surface area contributed by atoms with Crippen LogP contribution in [0.1, 0.15) is 21.5 Å². The van der Waals surface area contributed by atoms with Gasteiger partial charge in [-0.05, 0) is 34.5 Å². The maximum atomic E-state index is 12.8. The molecule has 0 N–H and O–H groups in total. The summed E-state index contributed by atoms with van der Waals surface area (Å²) in [6, 6.07) is 19.6. The van der Waals surface area contributed by atoms with E-state index in [1.165, 1.54) is 0 Å². The molecule has 0 aromatic heterocycles. The molecule has 0 spiro atoms. The molecule has 0 saturated carbocycles.